The summed E-state index contributed by atoms with van der Waals surface area (Å²) >= 11 is 6.07. The zero-order chi connectivity index (χ0) is 15.5. The lowest BCUT2D eigenvalue weighted by Crippen LogP contribution is -2.39. The van der Waals surface area contributed by atoms with E-state index in [2.05, 4.69) is 10.3 Å². The highest BCUT2D eigenvalue weighted by Crippen LogP contribution is 2.28. The minimum absolute atomic E-state index is 0.0697. The van der Waals surface area contributed by atoms with Crippen LogP contribution >= 0.6 is 11.6 Å². The van der Waals surface area contributed by atoms with Crippen LogP contribution in [0.15, 0.2) is 17.2 Å². The average Bonchev–Trinajstić information content (AvgIpc) is 2.72. The molecule has 21 heavy (non-hydrogen) atoms. The molecule has 1 aromatic heterocycles. The Hall–Kier alpha value is -0.850. The summed E-state index contributed by atoms with van der Waals surface area (Å²) < 4.78 is 27.4. The number of hydrogen-bond donors (Lipinski definition) is 1. The first-order valence-corrected chi connectivity index (χ1v) is 9.17. The SMILES string of the molecule is CCC1CCCCCN1S(=O)(=O)c1cnc(NC)c(Cl)c1. The highest BCUT2D eigenvalue weighted by Gasteiger charge is 2.32. The van der Waals surface area contributed by atoms with E-state index in [0.29, 0.717) is 17.4 Å². The maximum absolute atomic E-state index is 12.9. The molecule has 118 valence electrons. The second-order valence-electron chi connectivity index (χ2n) is 5.28. The van der Waals surface area contributed by atoms with Gasteiger partial charge < -0.3 is 5.32 Å². The van der Waals surface area contributed by atoms with Crippen LogP contribution in [0.4, 0.5) is 5.82 Å². The zero-order valence-corrected chi connectivity index (χ0v) is 14.0. The summed E-state index contributed by atoms with van der Waals surface area (Å²) in [5.74, 6) is 0.485. The van der Waals surface area contributed by atoms with E-state index in [9.17, 15) is 8.42 Å². The molecule has 0 radical (unpaired) electrons. The summed E-state index contributed by atoms with van der Waals surface area (Å²) in [6.45, 7) is 2.61. The minimum Gasteiger partial charge on any atom is -0.372 e. The molecule has 1 aliphatic rings. The highest BCUT2D eigenvalue weighted by molar-refractivity contribution is 7.89. The van der Waals surface area contributed by atoms with Gasteiger partial charge in [-0.05, 0) is 25.3 Å². The molecule has 0 saturated carbocycles. The normalized spacial score (nSPS) is 21.0. The van der Waals surface area contributed by atoms with Gasteiger partial charge in [0.15, 0.2) is 0 Å². The van der Waals surface area contributed by atoms with Crippen molar-refractivity contribution >= 4 is 27.4 Å². The van der Waals surface area contributed by atoms with Gasteiger partial charge >= 0.3 is 0 Å². The Balaban J connectivity index is 2.37. The number of aromatic nitrogens is 1. The van der Waals surface area contributed by atoms with Gasteiger partial charge in [0, 0.05) is 25.8 Å². The largest absolute Gasteiger partial charge is 0.372 e. The molecule has 1 N–H and O–H groups in total. The average molecular weight is 332 g/mol. The van der Waals surface area contributed by atoms with Gasteiger partial charge in [0.2, 0.25) is 10.0 Å². The third-order valence-corrected chi connectivity index (χ3v) is 6.16. The van der Waals surface area contributed by atoms with E-state index in [1.54, 1.807) is 11.4 Å². The van der Waals surface area contributed by atoms with Crippen molar-refractivity contribution in [1.82, 2.24) is 9.29 Å². The van der Waals surface area contributed by atoms with Gasteiger partial charge in [-0.15, -0.1) is 0 Å². The van der Waals surface area contributed by atoms with Crippen LogP contribution in [0, 0.1) is 0 Å². The van der Waals surface area contributed by atoms with Gasteiger partial charge in [-0.25, -0.2) is 13.4 Å². The molecular weight excluding hydrogens is 310 g/mol. The lowest BCUT2D eigenvalue weighted by Gasteiger charge is -2.28. The molecule has 1 aromatic rings. The number of nitrogens with one attached hydrogen (secondary N) is 1. The quantitative estimate of drug-likeness (QED) is 0.920. The topological polar surface area (TPSA) is 62.3 Å². The molecule has 1 saturated heterocycles. The molecule has 0 bridgehead atoms. The Morgan fingerprint density at radius 3 is 2.81 bits per heavy atom. The van der Waals surface area contributed by atoms with E-state index < -0.39 is 10.0 Å². The fourth-order valence-corrected chi connectivity index (χ4v) is 4.82. The van der Waals surface area contributed by atoms with Crippen molar-refractivity contribution in [3.63, 3.8) is 0 Å². The molecule has 1 unspecified atom stereocenters. The van der Waals surface area contributed by atoms with E-state index in [1.165, 1.54) is 12.3 Å². The maximum atomic E-state index is 12.9. The van der Waals surface area contributed by atoms with E-state index in [1.807, 2.05) is 6.92 Å². The van der Waals surface area contributed by atoms with Crippen LogP contribution in [0.25, 0.3) is 0 Å². The predicted octanol–water partition coefficient (Wildman–Crippen LogP) is 3.12. The van der Waals surface area contributed by atoms with Crippen molar-refractivity contribution in [2.24, 2.45) is 0 Å². The Morgan fingerprint density at radius 2 is 2.19 bits per heavy atom. The number of nitrogens with zero attached hydrogens (tertiary/aromatic N) is 2. The lowest BCUT2D eigenvalue weighted by atomic mass is 10.1. The molecule has 5 nitrogen and oxygen atoms in total. The van der Waals surface area contributed by atoms with Gasteiger partial charge in [-0.3, -0.25) is 0 Å². The fraction of sp³-hybridized carbons (Fsp3) is 0.643. The van der Waals surface area contributed by atoms with E-state index >= 15 is 0 Å². The monoisotopic (exact) mass is 331 g/mol. The Morgan fingerprint density at radius 1 is 1.43 bits per heavy atom. The molecule has 0 spiro atoms. The summed E-state index contributed by atoms with van der Waals surface area (Å²) in [7, 11) is -1.84. The molecule has 7 heteroatoms. The number of rotatable bonds is 4. The molecule has 1 fully saturated rings. The van der Waals surface area contributed by atoms with Crippen LogP contribution in [-0.2, 0) is 10.0 Å². The van der Waals surface area contributed by atoms with Gasteiger partial charge in [-0.1, -0.05) is 31.4 Å². The first-order chi connectivity index (χ1) is 10.0. The molecule has 1 atom stereocenters. The van der Waals surface area contributed by atoms with Gasteiger partial charge in [0.1, 0.15) is 10.7 Å². The third-order valence-electron chi connectivity index (χ3n) is 3.95. The molecule has 0 amide bonds. The number of pyridine rings is 1. The van der Waals surface area contributed by atoms with Crippen LogP contribution < -0.4 is 5.32 Å². The van der Waals surface area contributed by atoms with Crippen molar-refractivity contribution in [1.29, 1.82) is 0 Å². The number of halogens is 1. The van der Waals surface area contributed by atoms with Crippen molar-refractivity contribution in [2.75, 3.05) is 18.9 Å². The second-order valence-corrected chi connectivity index (χ2v) is 7.58. The summed E-state index contributed by atoms with van der Waals surface area (Å²) in [6.07, 6.45) is 6.21. The maximum Gasteiger partial charge on any atom is 0.244 e. The summed E-state index contributed by atoms with van der Waals surface area (Å²) in [6, 6.07) is 1.55. The van der Waals surface area contributed by atoms with E-state index in [-0.39, 0.29) is 10.9 Å². The molecule has 2 rings (SSSR count). The van der Waals surface area contributed by atoms with Crippen LogP contribution in [0.1, 0.15) is 39.0 Å². The summed E-state index contributed by atoms with van der Waals surface area (Å²) in [5, 5.41) is 3.15. The molecular formula is C14H22ClN3O2S. The van der Waals surface area contributed by atoms with Crippen molar-refractivity contribution in [2.45, 2.75) is 50.0 Å². The summed E-state index contributed by atoms with van der Waals surface area (Å²) in [5.41, 5.74) is 0. The Kier molecular flexibility index (Phi) is 5.46. The van der Waals surface area contributed by atoms with Gasteiger partial charge in [0.25, 0.3) is 0 Å². The number of sulfonamides is 1. The standard InChI is InChI=1S/C14H22ClN3O2S/c1-3-11-7-5-4-6-8-18(11)21(19,20)12-9-13(15)14(16-2)17-10-12/h9-11H,3-8H2,1-2H3,(H,16,17). The second kappa shape index (κ2) is 6.94. The smallest absolute Gasteiger partial charge is 0.244 e. The predicted molar refractivity (Wildman–Crippen MR) is 85.2 cm³/mol. The van der Waals surface area contributed by atoms with Crippen molar-refractivity contribution in [3.05, 3.63) is 17.3 Å². The summed E-state index contributed by atoms with van der Waals surface area (Å²) in [4.78, 5) is 4.26. The van der Waals surface area contributed by atoms with E-state index in [0.717, 1.165) is 32.1 Å². The Bertz CT molecular complexity index is 592. The van der Waals surface area contributed by atoms with Crippen LogP contribution in [-0.4, -0.2) is 37.3 Å². The first-order valence-electron chi connectivity index (χ1n) is 7.35. The van der Waals surface area contributed by atoms with Gasteiger partial charge in [0.05, 0.1) is 5.02 Å². The Labute approximate surface area is 131 Å². The zero-order valence-electron chi connectivity index (χ0n) is 12.5. The van der Waals surface area contributed by atoms with Crippen molar-refractivity contribution < 1.29 is 8.42 Å². The molecule has 1 aliphatic heterocycles. The van der Waals surface area contributed by atoms with Crippen LogP contribution in [0.5, 0.6) is 0 Å². The van der Waals surface area contributed by atoms with Gasteiger partial charge in [-0.2, -0.15) is 4.31 Å². The number of hydrogen-bond acceptors (Lipinski definition) is 4. The van der Waals surface area contributed by atoms with Crippen LogP contribution in [0.2, 0.25) is 5.02 Å². The van der Waals surface area contributed by atoms with E-state index in [4.69, 9.17) is 11.6 Å². The van der Waals surface area contributed by atoms with Crippen LogP contribution in [0.3, 0.4) is 0 Å². The number of anilines is 1. The molecule has 0 aliphatic carbocycles. The minimum atomic E-state index is -3.54. The lowest BCUT2D eigenvalue weighted by molar-refractivity contribution is 0.315. The molecule has 2 heterocycles. The third kappa shape index (κ3) is 3.49. The molecule has 0 aromatic carbocycles. The highest BCUT2D eigenvalue weighted by atomic mass is 35.5. The van der Waals surface area contributed by atoms with Crippen molar-refractivity contribution in [3.8, 4) is 0 Å². The fourth-order valence-electron chi connectivity index (χ4n) is 2.76. The first kappa shape index (κ1) is 16.5.